The van der Waals surface area contributed by atoms with Gasteiger partial charge in [-0.1, -0.05) is 12.8 Å². The van der Waals surface area contributed by atoms with Crippen LogP contribution < -0.4 is 5.14 Å². The molecule has 5 nitrogen and oxygen atoms in total. The Balaban J connectivity index is 2.32. The number of primary sulfonamides is 1. The lowest BCUT2D eigenvalue weighted by Gasteiger charge is -2.24. The first kappa shape index (κ1) is 15.0. The number of hydrogen-bond donors (Lipinski definition) is 1. The molecule has 0 aliphatic heterocycles. The molecule has 110 valence electrons. The first-order chi connectivity index (χ1) is 9.29. The highest BCUT2D eigenvalue weighted by Crippen LogP contribution is 2.24. The molecule has 2 rings (SSSR count). The van der Waals surface area contributed by atoms with Gasteiger partial charge in [0.1, 0.15) is 0 Å². The number of carbonyl (C=O) groups is 1. The van der Waals surface area contributed by atoms with Crippen molar-refractivity contribution < 1.29 is 13.2 Å². The normalized spacial score (nSPS) is 16.4. The van der Waals surface area contributed by atoms with E-state index in [1.54, 1.807) is 24.9 Å². The number of nitrogens with two attached hydrogens (primary N) is 1. The second-order valence-electron chi connectivity index (χ2n) is 5.43. The van der Waals surface area contributed by atoms with Crippen molar-refractivity contribution in [1.29, 1.82) is 0 Å². The fraction of sp³-hybridized carbons (Fsp3) is 0.500. The summed E-state index contributed by atoms with van der Waals surface area (Å²) >= 11 is 0. The molecule has 1 aliphatic rings. The Kier molecular flexibility index (Phi) is 4.15. The smallest absolute Gasteiger partial charge is 0.253 e. The predicted molar refractivity (Wildman–Crippen MR) is 76.9 cm³/mol. The largest absolute Gasteiger partial charge is 0.339 e. The van der Waals surface area contributed by atoms with Crippen LogP contribution in [0.1, 0.15) is 41.6 Å². The molecule has 0 radical (unpaired) electrons. The van der Waals surface area contributed by atoms with Crippen LogP contribution in [0.2, 0.25) is 0 Å². The number of amides is 1. The van der Waals surface area contributed by atoms with Crippen LogP contribution >= 0.6 is 0 Å². The number of hydrogen-bond acceptors (Lipinski definition) is 3. The van der Waals surface area contributed by atoms with Gasteiger partial charge < -0.3 is 4.90 Å². The molecule has 0 spiro atoms. The first-order valence-electron chi connectivity index (χ1n) is 6.70. The molecule has 0 saturated heterocycles. The Morgan fingerprint density at radius 1 is 1.25 bits per heavy atom. The number of aryl methyl sites for hydroxylation is 1. The average Bonchev–Trinajstić information content (AvgIpc) is 2.89. The Bertz CT molecular complexity index is 619. The van der Waals surface area contributed by atoms with Crippen LogP contribution in [0.5, 0.6) is 0 Å². The number of benzene rings is 1. The number of nitrogens with zero attached hydrogens (tertiary/aromatic N) is 1. The molecule has 1 amide bonds. The van der Waals surface area contributed by atoms with Crippen LogP contribution in [-0.2, 0) is 10.0 Å². The van der Waals surface area contributed by atoms with Gasteiger partial charge in [0.25, 0.3) is 5.91 Å². The third-order valence-corrected chi connectivity index (χ3v) is 4.71. The highest BCUT2D eigenvalue weighted by Gasteiger charge is 2.25. The van der Waals surface area contributed by atoms with E-state index in [0.717, 1.165) is 25.7 Å². The topological polar surface area (TPSA) is 80.5 Å². The Labute approximate surface area is 119 Å². The lowest BCUT2D eigenvalue weighted by Crippen LogP contribution is -2.35. The fourth-order valence-corrected chi connectivity index (χ4v) is 3.34. The zero-order valence-corrected chi connectivity index (χ0v) is 12.6. The molecule has 1 aliphatic carbocycles. The van der Waals surface area contributed by atoms with Gasteiger partial charge in [0.05, 0.1) is 4.90 Å². The van der Waals surface area contributed by atoms with Crippen LogP contribution in [0.15, 0.2) is 23.1 Å². The van der Waals surface area contributed by atoms with Gasteiger partial charge in [-0.3, -0.25) is 4.79 Å². The molecule has 0 bridgehead atoms. The van der Waals surface area contributed by atoms with Crippen molar-refractivity contribution in [2.75, 3.05) is 7.05 Å². The average molecular weight is 296 g/mol. The molecule has 1 aromatic rings. The molecule has 0 unspecified atom stereocenters. The summed E-state index contributed by atoms with van der Waals surface area (Å²) < 4.78 is 22.9. The van der Waals surface area contributed by atoms with E-state index in [1.807, 2.05) is 0 Å². The van der Waals surface area contributed by atoms with Crippen molar-refractivity contribution in [2.45, 2.75) is 43.5 Å². The lowest BCUT2D eigenvalue weighted by atomic mass is 10.1. The monoisotopic (exact) mass is 296 g/mol. The van der Waals surface area contributed by atoms with Gasteiger partial charge in [0, 0.05) is 18.7 Å². The van der Waals surface area contributed by atoms with Crippen LogP contribution in [0.3, 0.4) is 0 Å². The van der Waals surface area contributed by atoms with Crippen molar-refractivity contribution in [3.8, 4) is 0 Å². The molecule has 6 heteroatoms. The highest BCUT2D eigenvalue weighted by molar-refractivity contribution is 7.89. The van der Waals surface area contributed by atoms with E-state index in [0.29, 0.717) is 11.1 Å². The SMILES string of the molecule is Cc1cc(C(=O)N(C)C2CCCC2)cc(S(N)(=O)=O)c1. The summed E-state index contributed by atoms with van der Waals surface area (Å²) in [4.78, 5) is 14.2. The van der Waals surface area contributed by atoms with Gasteiger partial charge in [0.2, 0.25) is 10.0 Å². The summed E-state index contributed by atoms with van der Waals surface area (Å²) in [5, 5.41) is 5.14. The summed E-state index contributed by atoms with van der Waals surface area (Å²) in [6.45, 7) is 1.75. The highest BCUT2D eigenvalue weighted by atomic mass is 32.2. The van der Waals surface area contributed by atoms with E-state index in [9.17, 15) is 13.2 Å². The first-order valence-corrected chi connectivity index (χ1v) is 8.25. The van der Waals surface area contributed by atoms with Gasteiger partial charge in [-0.05, 0) is 43.5 Å². The van der Waals surface area contributed by atoms with Crippen LogP contribution in [0, 0.1) is 6.92 Å². The quantitative estimate of drug-likeness (QED) is 0.921. The van der Waals surface area contributed by atoms with E-state index in [-0.39, 0.29) is 16.8 Å². The maximum atomic E-state index is 12.5. The molecule has 0 atom stereocenters. The van der Waals surface area contributed by atoms with Crippen LogP contribution in [-0.4, -0.2) is 32.3 Å². The summed E-state index contributed by atoms with van der Waals surface area (Å²) in [7, 11) is -2.02. The van der Waals surface area contributed by atoms with Gasteiger partial charge in [0.15, 0.2) is 0 Å². The van der Waals surface area contributed by atoms with Gasteiger partial charge in [-0.15, -0.1) is 0 Å². The molecule has 0 aromatic heterocycles. The van der Waals surface area contributed by atoms with Crippen LogP contribution in [0.4, 0.5) is 0 Å². The number of carbonyl (C=O) groups excluding carboxylic acids is 1. The fourth-order valence-electron chi connectivity index (χ4n) is 2.70. The summed E-state index contributed by atoms with van der Waals surface area (Å²) in [5.74, 6) is -0.148. The van der Waals surface area contributed by atoms with Crippen molar-refractivity contribution in [1.82, 2.24) is 4.90 Å². The number of sulfonamides is 1. The van der Waals surface area contributed by atoms with Crippen molar-refractivity contribution in [3.63, 3.8) is 0 Å². The molecule has 0 heterocycles. The van der Waals surface area contributed by atoms with E-state index < -0.39 is 10.0 Å². The van der Waals surface area contributed by atoms with E-state index in [4.69, 9.17) is 5.14 Å². The summed E-state index contributed by atoms with van der Waals surface area (Å²) in [6, 6.07) is 4.78. The standard InChI is InChI=1S/C14H20N2O3S/c1-10-7-11(9-13(8-10)20(15,18)19)14(17)16(2)12-5-3-4-6-12/h7-9,12H,3-6H2,1-2H3,(H2,15,18,19). The maximum Gasteiger partial charge on any atom is 0.253 e. The van der Waals surface area contributed by atoms with E-state index in [1.165, 1.54) is 12.1 Å². The van der Waals surface area contributed by atoms with E-state index in [2.05, 4.69) is 0 Å². The Morgan fingerprint density at radius 2 is 1.85 bits per heavy atom. The lowest BCUT2D eigenvalue weighted by molar-refractivity contribution is 0.0735. The minimum absolute atomic E-state index is 0.0133. The third kappa shape index (κ3) is 3.19. The molecule has 2 N–H and O–H groups in total. The Hall–Kier alpha value is -1.40. The molecular weight excluding hydrogens is 276 g/mol. The van der Waals surface area contributed by atoms with Crippen LogP contribution in [0.25, 0.3) is 0 Å². The Morgan fingerprint density at radius 3 is 2.40 bits per heavy atom. The summed E-state index contributed by atoms with van der Waals surface area (Å²) in [6.07, 6.45) is 4.29. The van der Waals surface area contributed by atoms with Gasteiger partial charge >= 0.3 is 0 Å². The summed E-state index contributed by atoms with van der Waals surface area (Å²) in [5.41, 5.74) is 1.09. The van der Waals surface area contributed by atoms with Gasteiger partial charge in [-0.25, -0.2) is 13.6 Å². The maximum absolute atomic E-state index is 12.5. The minimum Gasteiger partial charge on any atom is -0.339 e. The molecule has 1 fully saturated rings. The van der Waals surface area contributed by atoms with E-state index >= 15 is 0 Å². The zero-order valence-electron chi connectivity index (χ0n) is 11.8. The molecule has 20 heavy (non-hydrogen) atoms. The second-order valence-corrected chi connectivity index (χ2v) is 7.00. The van der Waals surface area contributed by atoms with Crippen molar-refractivity contribution in [2.24, 2.45) is 5.14 Å². The predicted octanol–water partition coefficient (Wildman–Crippen LogP) is 1.66. The molecular formula is C14H20N2O3S. The molecule has 1 aromatic carbocycles. The third-order valence-electron chi connectivity index (χ3n) is 3.82. The zero-order chi connectivity index (χ0) is 14.9. The number of rotatable bonds is 3. The minimum atomic E-state index is -3.80. The second kappa shape index (κ2) is 5.54. The van der Waals surface area contributed by atoms with Gasteiger partial charge in [-0.2, -0.15) is 0 Å². The van der Waals surface area contributed by atoms with Crippen molar-refractivity contribution in [3.05, 3.63) is 29.3 Å². The van der Waals surface area contributed by atoms with Crippen molar-refractivity contribution >= 4 is 15.9 Å². The molecule has 1 saturated carbocycles.